The molecular weight excluding hydrogens is 306 g/mol. The second kappa shape index (κ2) is 5.19. The van der Waals surface area contributed by atoms with Gasteiger partial charge in [-0.2, -0.15) is 0 Å². The molecule has 4 aliphatic rings. The molecule has 3 heterocycles. The van der Waals surface area contributed by atoms with Crippen LogP contribution in [0.3, 0.4) is 0 Å². The van der Waals surface area contributed by atoms with Gasteiger partial charge in [0.15, 0.2) is 0 Å². The molecule has 24 heavy (non-hydrogen) atoms. The summed E-state index contributed by atoms with van der Waals surface area (Å²) in [7, 11) is 0. The first-order chi connectivity index (χ1) is 11.3. The minimum Gasteiger partial charge on any atom is -0.550 e. The lowest BCUT2D eigenvalue weighted by molar-refractivity contribution is -0.313. The summed E-state index contributed by atoms with van der Waals surface area (Å²) in [4.78, 5) is 26.3. The van der Waals surface area contributed by atoms with Crippen LogP contribution >= 0.6 is 0 Å². The van der Waals surface area contributed by atoms with Crippen molar-refractivity contribution < 1.29 is 19.4 Å². The normalized spacial score (nSPS) is 46.4. The molecule has 3 aliphatic heterocycles. The highest BCUT2D eigenvalue weighted by Gasteiger charge is 2.65. The van der Waals surface area contributed by atoms with Gasteiger partial charge in [-0.3, -0.25) is 4.79 Å². The molecule has 0 N–H and O–H groups in total. The minimum absolute atomic E-state index is 0.0817. The first kappa shape index (κ1) is 15.9. The summed E-state index contributed by atoms with van der Waals surface area (Å²) in [6.45, 7) is 7.74. The molecular formula is C19H24NO4-. The zero-order valence-electron chi connectivity index (χ0n) is 14.4. The number of carbonyl (C=O) groups is 2. The maximum Gasteiger partial charge on any atom is 0.229 e. The van der Waals surface area contributed by atoms with Crippen LogP contribution in [0.15, 0.2) is 23.8 Å². The van der Waals surface area contributed by atoms with Crippen molar-refractivity contribution in [2.75, 3.05) is 13.1 Å². The van der Waals surface area contributed by atoms with Crippen molar-refractivity contribution in [1.82, 2.24) is 4.90 Å². The molecule has 1 aliphatic carbocycles. The first-order valence-corrected chi connectivity index (χ1v) is 8.86. The number of carboxylic acids is 1. The van der Waals surface area contributed by atoms with E-state index in [1.54, 1.807) is 6.08 Å². The second-order valence-electron chi connectivity index (χ2n) is 8.16. The number of aliphatic carboxylic acids is 1. The Kier molecular flexibility index (Phi) is 3.43. The lowest BCUT2D eigenvalue weighted by Crippen LogP contribution is -2.45. The van der Waals surface area contributed by atoms with Crippen LogP contribution in [0.2, 0.25) is 0 Å². The van der Waals surface area contributed by atoms with Crippen molar-refractivity contribution >= 4 is 11.9 Å². The molecule has 130 valence electrons. The van der Waals surface area contributed by atoms with E-state index in [0.29, 0.717) is 30.8 Å². The zero-order valence-corrected chi connectivity index (χ0v) is 14.4. The summed E-state index contributed by atoms with van der Waals surface area (Å²) in [6.07, 6.45) is 6.54. The van der Waals surface area contributed by atoms with Gasteiger partial charge in [-0.15, -0.1) is 0 Å². The number of carboxylic acid groups (broad SMARTS) is 1. The molecule has 0 aromatic carbocycles. The molecule has 0 radical (unpaired) electrons. The van der Waals surface area contributed by atoms with Gasteiger partial charge in [-0.25, -0.2) is 0 Å². The number of fused-ring (bicyclic) bond motifs is 1. The average Bonchev–Trinajstić information content (AvgIpc) is 3.11. The van der Waals surface area contributed by atoms with Gasteiger partial charge in [-0.1, -0.05) is 37.6 Å². The van der Waals surface area contributed by atoms with Gasteiger partial charge >= 0.3 is 0 Å². The molecule has 1 spiro atoms. The third-order valence-corrected chi connectivity index (χ3v) is 6.48. The molecule has 2 saturated heterocycles. The largest absolute Gasteiger partial charge is 0.550 e. The lowest BCUT2D eigenvalue weighted by atomic mass is 9.75. The van der Waals surface area contributed by atoms with Crippen molar-refractivity contribution in [2.45, 2.75) is 38.9 Å². The summed E-state index contributed by atoms with van der Waals surface area (Å²) in [5.41, 5.74) is 0.663. The van der Waals surface area contributed by atoms with E-state index in [1.165, 1.54) is 5.57 Å². The van der Waals surface area contributed by atoms with Crippen molar-refractivity contribution in [1.29, 1.82) is 0 Å². The number of ether oxygens (including phenoxy) is 1. The Morgan fingerprint density at radius 3 is 2.88 bits per heavy atom. The maximum absolute atomic E-state index is 12.9. The average molecular weight is 330 g/mol. The molecule has 5 nitrogen and oxygen atoms in total. The van der Waals surface area contributed by atoms with Crippen LogP contribution in [0, 0.1) is 29.6 Å². The third-order valence-electron chi connectivity index (χ3n) is 6.48. The fraction of sp³-hybridized carbons (Fsp3) is 0.684. The number of hydrogen-bond donors (Lipinski definition) is 0. The van der Waals surface area contributed by atoms with Gasteiger partial charge in [0.2, 0.25) is 5.91 Å². The molecule has 4 rings (SSSR count). The van der Waals surface area contributed by atoms with Crippen molar-refractivity contribution in [3.05, 3.63) is 23.8 Å². The van der Waals surface area contributed by atoms with Crippen molar-refractivity contribution in [3.63, 3.8) is 0 Å². The predicted octanol–water partition coefficient (Wildman–Crippen LogP) is 0.757. The quantitative estimate of drug-likeness (QED) is 0.716. The molecule has 0 saturated carbocycles. The number of rotatable bonds is 3. The molecule has 2 fully saturated rings. The molecule has 5 heteroatoms. The monoisotopic (exact) mass is 330 g/mol. The van der Waals surface area contributed by atoms with Gasteiger partial charge < -0.3 is 19.5 Å². The molecule has 0 aromatic rings. The van der Waals surface area contributed by atoms with E-state index in [-0.39, 0.29) is 5.91 Å². The number of amides is 1. The Labute approximate surface area is 142 Å². The highest BCUT2D eigenvalue weighted by atomic mass is 16.5. The van der Waals surface area contributed by atoms with Crippen LogP contribution in [0.5, 0.6) is 0 Å². The Balaban J connectivity index is 1.56. The van der Waals surface area contributed by atoms with E-state index in [4.69, 9.17) is 4.74 Å². The van der Waals surface area contributed by atoms with Crippen LogP contribution in [-0.4, -0.2) is 41.6 Å². The van der Waals surface area contributed by atoms with E-state index in [1.807, 2.05) is 11.0 Å². The number of nitrogens with zero attached hydrogens (tertiary/aromatic N) is 1. The Bertz CT molecular complexity index is 654. The summed E-state index contributed by atoms with van der Waals surface area (Å²) >= 11 is 0. The number of hydrogen-bond acceptors (Lipinski definition) is 4. The van der Waals surface area contributed by atoms with Crippen molar-refractivity contribution in [2.24, 2.45) is 29.6 Å². The summed E-state index contributed by atoms with van der Waals surface area (Å²) in [5.74, 6) is -1.40. The molecule has 7 atom stereocenters. The van der Waals surface area contributed by atoms with E-state index in [2.05, 4.69) is 26.8 Å². The van der Waals surface area contributed by atoms with Gasteiger partial charge in [-0.05, 0) is 31.1 Å². The summed E-state index contributed by atoms with van der Waals surface area (Å²) in [5, 5.41) is 11.5. The number of carbonyl (C=O) groups excluding carboxylic acids is 2. The van der Waals surface area contributed by atoms with Crippen LogP contribution in [-0.2, 0) is 14.3 Å². The van der Waals surface area contributed by atoms with E-state index in [0.717, 1.165) is 6.42 Å². The fourth-order valence-corrected chi connectivity index (χ4v) is 5.42. The topological polar surface area (TPSA) is 69.7 Å². The van der Waals surface area contributed by atoms with Crippen LogP contribution < -0.4 is 5.11 Å². The van der Waals surface area contributed by atoms with Crippen LogP contribution in [0.25, 0.3) is 0 Å². The van der Waals surface area contributed by atoms with Crippen molar-refractivity contribution in [3.8, 4) is 0 Å². The standard InChI is InChI=1S/C19H25NO4/c1-10-6-11(2)13(12(3)7-10)8-20-9-19-5-4-14(24-19)15(18(22)23)16(19)17(20)21/h4-6,11-16H,7-9H2,1-3H3,(H,22,23)/p-1/t11-,12+,13-,14+,15-,16+,19+/m0/s1. The van der Waals surface area contributed by atoms with Gasteiger partial charge in [0.25, 0.3) is 0 Å². The SMILES string of the molecule is CC1=C[C@H](C)[C@H](CN2C[C@@]34C=C[C@@H](O3)[C@H](C(=O)[O-])[C@@H]4C2=O)[C@H](C)C1. The first-order valence-electron chi connectivity index (χ1n) is 8.86. The van der Waals surface area contributed by atoms with Gasteiger partial charge in [0.1, 0.15) is 5.60 Å². The van der Waals surface area contributed by atoms with Gasteiger partial charge in [0.05, 0.1) is 18.6 Å². The number of allylic oxidation sites excluding steroid dienone is 2. The highest BCUT2D eigenvalue weighted by molar-refractivity contribution is 5.90. The Morgan fingerprint density at radius 2 is 2.21 bits per heavy atom. The van der Waals surface area contributed by atoms with Gasteiger partial charge in [0, 0.05) is 18.4 Å². The minimum atomic E-state index is -1.18. The fourth-order valence-electron chi connectivity index (χ4n) is 5.42. The predicted molar refractivity (Wildman–Crippen MR) is 85.5 cm³/mol. The Hall–Kier alpha value is -1.62. The summed E-state index contributed by atoms with van der Waals surface area (Å²) < 4.78 is 5.91. The van der Waals surface area contributed by atoms with Crippen LogP contribution in [0.1, 0.15) is 27.2 Å². The third kappa shape index (κ3) is 2.10. The second-order valence-corrected chi connectivity index (χ2v) is 8.16. The molecule has 2 bridgehead atoms. The zero-order chi connectivity index (χ0) is 17.2. The molecule has 1 amide bonds. The number of likely N-dealkylation sites (tertiary alicyclic amines) is 1. The maximum atomic E-state index is 12.9. The van der Waals surface area contributed by atoms with E-state index >= 15 is 0 Å². The van der Waals surface area contributed by atoms with E-state index in [9.17, 15) is 14.7 Å². The smallest absolute Gasteiger partial charge is 0.229 e. The lowest BCUT2D eigenvalue weighted by Gasteiger charge is -2.36. The molecule has 0 unspecified atom stereocenters. The van der Waals surface area contributed by atoms with E-state index < -0.39 is 29.5 Å². The molecule has 0 aromatic heterocycles. The van der Waals surface area contributed by atoms with Crippen LogP contribution in [0.4, 0.5) is 0 Å². The Morgan fingerprint density at radius 1 is 1.46 bits per heavy atom. The highest BCUT2D eigenvalue weighted by Crippen LogP contribution is 2.52. The summed E-state index contributed by atoms with van der Waals surface area (Å²) in [6, 6.07) is 0.